The zero-order valence-electron chi connectivity index (χ0n) is 18.5. The number of hydrogen-bond acceptors (Lipinski definition) is 5. The van der Waals surface area contributed by atoms with Crippen LogP contribution in [0.15, 0.2) is 24.3 Å². The summed E-state index contributed by atoms with van der Waals surface area (Å²) in [6, 6.07) is 6.14. The third-order valence-electron chi connectivity index (χ3n) is 4.98. The number of hydrogen-bond donors (Lipinski definition) is 1. The number of nitrogens with zero attached hydrogens (tertiary/aromatic N) is 1. The largest absolute Gasteiger partial charge is 0.493 e. The van der Waals surface area contributed by atoms with Gasteiger partial charge in [-0.25, -0.2) is 0 Å². The molecule has 1 aliphatic rings. The van der Waals surface area contributed by atoms with Gasteiger partial charge in [0, 0.05) is 13.1 Å². The summed E-state index contributed by atoms with van der Waals surface area (Å²) in [5, 5.41) is 2.74. The lowest BCUT2D eigenvalue weighted by Crippen LogP contribution is -2.57. The molecule has 1 aliphatic heterocycles. The van der Waals surface area contributed by atoms with Crippen molar-refractivity contribution in [2.75, 3.05) is 26.3 Å². The van der Waals surface area contributed by atoms with Gasteiger partial charge in [0.1, 0.15) is 11.8 Å². The van der Waals surface area contributed by atoms with Crippen molar-refractivity contribution in [2.45, 2.75) is 53.0 Å². The lowest BCUT2D eigenvalue weighted by Gasteiger charge is -2.35. The van der Waals surface area contributed by atoms with Gasteiger partial charge in [0.05, 0.1) is 25.2 Å². The van der Waals surface area contributed by atoms with Crippen molar-refractivity contribution in [3.05, 3.63) is 29.8 Å². The third-order valence-corrected chi connectivity index (χ3v) is 4.98. The molecule has 166 valence electrons. The van der Waals surface area contributed by atoms with E-state index in [1.807, 2.05) is 19.9 Å². The van der Waals surface area contributed by atoms with Crippen LogP contribution < -0.4 is 10.1 Å². The number of nitrogens with one attached hydrogen (secondary N) is 1. The maximum atomic E-state index is 13.3. The number of piperazine rings is 1. The molecular weight excluding hydrogens is 384 g/mol. The van der Waals surface area contributed by atoms with Gasteiger partial charge in [0.25, 0.3) is 5.91 Å². The Bertz CT molecular complexity index is 732. The van der Waals surface area contributed by atoms with Gasteiger partial charge in [-0.15, -0.1) is 0 Å². The van der Waals surface area contributed by atoms with Crippen molar-refractivity contribution >= 4 is 17.8 Å². The molecule has 0 saturated carbocycles. The Morgan fingerprint density at radius 2 is 1.77 bits per heavy atom. The molecule has 7 heteroatoms. The fourth-order valence-corrected chi connectivity index (χ4v) is 3.11. The van der Waals surface area contributed by atoms with Gasteiger partial charge in [0.15, 0.2) is 0 Å². The highest BCUT2D eigenvalue weighted by Crippen LogP contribution is 2.23. The lowest BCUT2D eigenvalue weighted by atomic mass is 10.1. The monoisotopic (exact) mass is 418 g/mol. The summed E-state index contributed by atoms with van der Waals surface area (Å²) in [5.74, 6) is 0.272. The van der Waals surface area contributed by atoms with E-state index in [0.29, 0.717) is 49.5 Å². The number of rotatable bonds is 10. The second kappa shape index (κ2) is 11.6. The molecule has 0 bridgehead atoms. The Balaban J connectivity index is 2.10. The maximum absolute atomic E-state index is 13.3. The smallest absolute Gasteiger partial charge is 0.308 e. The standard InChI is InChI=1S/C23H34N2O5/c1-16(2)9-13-29-20-8-6-5-7-18(20)23(28)25-12-11-24-22(27)19(25)15-21(26)30-14-10-17(3)4/h5-8,16-17,19H,9-15H2,1-4H3,(H,24,27). The molecule has 1 fully saturated rings. The Morgan fingerprint density at radius 1 is 1.10 bits per heavy atom. The first-order valence-electron chi connectivity index (χ1n) is 10.8. The number of amides is 2. The van der Waals surface area contributed by atoms with Gasteiger partial charge >= 0.3 is 5.97 Å². The third kappa shape index (κ3) is 7.04. The van der Waals surface area contributed by atoms with Crippen LogP contribution in [0.2, 0.25) is 0 Å². The van der Waals surface area contributed by atoms with E-state index >= 15 is 0 Å². The van der Waals surface area contributed by atoms with Crippen molar-refractivity contribution in [1.82, 2.24) is 10.2 Å². The SMILES string of the molecule is CC(C)CCOC(=O)CC1C(=O)NCCN1C(=O)c1ccccc1OCCC(C)C. The van der Waals surface area contributed by atoms with E-state index in [4.69, 9.17) is 9.47 Å². The maximum Gasteiger partial charge on any atom is 0.308 e. The van der Waals surface area contributed by atoms with E-state index in [0.717, 1.165) is 12.8 Å². The molecule has 1 saturated heterocycles. The Kier molecular flexibility index (Phi) is 9.15. The number of esters is 1. The topological polar surface area (TPSA) is 84.9 Å². The molecule has 1 N–H and O–H groups in total. The molecule has 1 unspecified atom stereocenters. The second-order valence-electron chi connectivity index (χ2n) is 8.44. The Hall–Kier alpha value is -2.57. The minimum Gasteiger partial charge on any atom is -0.493 e. The molecule has 1 heterocycles. The summed E-state index contributed by atoms with van der Waals surface area (Å²) in [4.78, 5) is 39.4. The summed E-state index contributed by atoms with van der Waals surface area (Å²) >= 11 is 0. The van der Waals surface area contributed by atoms with Crippen LogP contribution in [-0.4, -0.2) is 55.0 Å². The van der Waals surface area contributed by atoms with Gasteiger partial charge in [-0.1, -0.05) is 39.8 Å². The van der Waals surface area contributed by atoms with Gasteiger partial charge in [-0.05, 0) is 36.8 Å². The molecule has 1 aromatic rings. The number of benzene rings is 1. The van der Waals surface area contributed by atoms with Gasteiger partial charge in [-0.3, -0.25) is 14.4 Å². The summed E-state index contributed by atoms with van der Waals surface area (Å²) in [7, 11) is 0. The summed E-state index contributed by atoms with van der Waals surface area (Å²) < 4.78 is 11.1. The van der Waals surface area contributed by atoms with Crippen molar-refractivity contribution < 1.29 is 23.9 Å². The molecule has 2 rings (SSSR count). The van der Waals surface area contributed by atoms with Crippen molar-refractivity contribution in [2.24, 2.45) is 11.8 Å². The quantitative estimate of drug-likeness (QED) is 0.591. The second-order valence-corrected chi connectivity index (χ2v) is 8.44. The first kappa shape index (κ1) is 23.7. The number of ether oxygens (including phenoxy) is 2. The highest BCUT2D eigenvalue weighted by atomic mass is 16.5. The van der Waals surface area contributed by atoms with Crippen molar-refractivity contribution in [3.63, 3.8) is 0 Å². The fourth-order valence-electron chi connectivity index (χ4n) is 3.11. The van der Waals surface area contributed by atoms with Gasteiger partial charge < -0.3 is 19.7 Å². The van der Waals surface area contributed by atoms with Crippen LogP contribution in [0.1, 0.15) is 57.3 Å². The van der Waals surface area contributed by atoms with E-state index in [-0.39, 0.29) is 18.2 Å². The van der Waals surface area contributed by atoms with E-state index in [1.54, 1.807) is 18.2 Å². The average Bonchev–Trinajstić information content (AvgIpc) is 2.69. The van der Waals surface area contributed by atoms with E-state index in [2.05, 4.69) is 19.2 Å². The van der Waals surface area contributed by atoms with Crippen LogP contribution in [-0.2, 0) is 14.3 Å². The van der Waals surface area contributed by atoms with Crippen molar-refractivity contribution in [3.8, 4) is 5.75 Å². The molecule has 0 aromatic heterocycles. The molecular formula is C23H34N2O5. The predicted octanol–water partition coefficient (Wildman–Crippen LogP) is 3.03. The van der Waals surface area contributed by atoms with Crippen LogP contribution in [0.5, 0.6) is 5.75 Å². The minimum atomic E-state index is -0.887. The zero-order valence-corrected chi connectivity index (χ0v) is 18.5. The Labute approximate surface area is 179 Å². The summed E-state index contributed by atoms with van der Waals surface area (Å²) in [6.45, 7) is 9.80. The first-order chi connectivity index (χ1) is 14.3. The molecule has 1 atom stereocenters. The first-order valence-corrected chi connectivity index (χ1v) is 10.8. The molecule has 0 aliphatic carbocycles. The van der Waals surface area contributed by atoms with Crippen LogP contribution in [0.3, 0.4) is 0 Å². The van der Waals surface area contributed by atoms with Gasteiger partial charge in [-0.2, -0.15) is 0 Å². The highest BCUT2D eigenvalue weighted by Gasteiger charge is 2.36. The number of carbonyl (C=O) groups excluding carboxylic acids is 3. The molecule has 7 nitrogen and oxygen atoms in total. The number of carbonyl (C=O) groups is 3. The Morgan fingerprint density at radius 3 is 2.47 bits per heavy atom. The van der Waals surface area contributed by atoms with Crippen LogP contribution in [0.4, 0.5) is 0 Å². The molecule has 1 aromatic carbocycles. The van der Waals surface area contributed by atoms with Crippen molar-refractivity contribution in [1.29, 1.82) is 0 Å². The molecule has 0 radical (unpaired) electrons. The molecule has 2 amide bonds. The van der Waals surface area contributed by atoms with E-state index < -0.39 is 12.0 Å². The predicted molar refractivity (Wildman–Crippen MR) is 114 cm³/mol. The normalized spacial score (nSPS) is 16.5. The minimum absolute atomic E-state index is 0.161. The summed E-state index contributed by atoms with van der Waals surface area (Å²) in [6.07, 6.45) is 1.47. The van der Waals surface area contributed by atoms with Gasteiger partial charge in [0.2, 0.25) is 5.91 Å². The van der Waals surface area contributed by atoms with E-state index in [9.17, 15) is 14.4 Å². The van der Waals surface area contributed by atoms with Crippen LogP contribution in [0, 0.1) is 11.8 Å². The van der Waals surface area contributed by atoms with Crippen LogP contribution >= 0.6 is 0 Å². The highest BCUT2D eigenvalue weighted by molar-refractivity contribution is 6.01. The van der Waals surface area contributed by atoms with E-state index in [1.165, 1.54) is 4.90 Å². The lowest BCUT2D eigenvalue weighted by molar-refractivity contribution is -0.148. The molecule has 30 heavy (non-hydrogen) atoms. The van der Waals surface area contributed by atoms with Crippen LogP contribution in [0.25, 0.3) is 0 Å². The zero-order chi connectivity index (χ0) is 22.1. The molecule has 0 spiro atoms. The fraction of sp³-hybridized carbons (Fsp3) is 0.609. The number of para-hydroxylation sites is 1. The summed E-state index contributed by atoms with van der Waals surface area (Å²) in [5.41, 5.74) is 0.397. The average molecular weight is 419 g/mol.